The van der Waals surface area contributed by atoms with Gasteiger partial charge in [0.05, 0.1) is 0 Å². The quantitative estimate of drug-likeness (QED) is 0.589. The minimum atomic E-state index is 0.164. The second-order valence-corrected chi connectivity index (χ2v) is 5.52. The molecule has 5 nitrogen and oxygen atoms in total. The molecule has 2 rings (SSSR count). The van der Waals surface area contributed by atoms with Crippen LogP contribution >= 0.6 is 0 Å². The van der Waals surface area contributed by atoms with E-state index in [1.54, 1.807) is 7.05 Å². The van der Waals surface area contributed by atoms with Gasteiger partial charge < -0.3 is 15.5 Å². The maximum absolute atomic E-state index is 11.4. The highest BCUT2D eigenvalue weighted by Crippen LogP contribution is 2.22. The second kappa shape index (κ2) is 6.78. The number of nitrogens with one attached hydrogen (secondary N) is 2. The van der Waals surface area contributed by atoms with Gasteiger partial charge in [0.25, 0.3) is 0 Å². The van der Waals surface area contributed by atoms with Gasteiger partial charge >= 0.3 is 0 Å². The number of carbonyl (C=O) groups is 1. The monoisotopic (exact) mass is 266 g/mol. The summed E-state index contributed by atoms with van der Waals surface area (Å²) in [5, 5.41) is 6.24. The van der Waals surface area contributed by atoms with E-state index < -0.39 is 0 Å². The maximum Gasteiger partial charge on any atom is 0.220 e. The van der Waals surface area contributed by atoms with Crippen molar-refractivity contribution in [2.45, 2.75) is 45.1 Å². The summed E-state index contributed by atoms with van der Waals surface area (Å²) >= 11 is 0. The lowest BCUT2D eigenvalue weighted by Crippen LogP contribution is -2.46. The lowest BCUT2D eigenvalue weighted by atomic mass is 9.93. The molecule has 0 spiro atoms. The van der Waals surface area contributed by atoms with E-state index in [9.17, 15) is 4.79 Å². The van der Waals surface area contributed by atoms with Crippen LogP contribution in [0.15, 0.2) is 4.99 Å². The fourth-order valence-electron chi connectivity index (χ4n) is 2.51. The number of nitrogens with zero attached hydrogens (tertiary/aromatic N) is 2. The van der Waals surface area contributed by atoms with E-state index in [1.807, 2.05) is 0 Å². The molecular formula is C14H26N4O. The molecule has 2 fully saturated rings. The average Bonchev–Trinajstić information content (AvgIpc) is 3.23. The van der Waals surface area contributed by atoms with E-state index >= 15 is 0 Å². The zero-order valence-corrected chi connectivity index (χ0v) is 12.1. The number of carbonyl (C=O) groups excluding carboxylic acids is 1. The molecule has 0 aromatic carbocycles. The molecule has 19 heavy (non-hydrogen) atoms. The van der Waals surface area contributed by atoms with E-state index in [2.05, 4.69) is 27.4 Å². The molecule has 1 saturated heterocycles. The number of likely N-dealkylation sites (tertiary alicyclic amines) is 1. The minimum absolute atomic E-state index is 0.164. The summed E-state index contributed by atoms with van der Waals surface area (Å²) in [5.41, 5.74) is 0. The van der Waals surface area contributed by atoms with E-state index in [-0.39, 0.29) is 5.91 Å². The van der Waals surface area contributed by atoms with Crippen LogP contribution in [0.2, 0.25) is 0 Å². The first-order valence-electron chi connectivity index (χ1n) is 7.49. The van der Waals surface area contributed by atoms with Crippen molar-refractivity contribution in [2.24, 2.45) is 10.9 Å². The third-order valence-electron chi connectivity index (χ3n) is 3.89. The lowest BCUT2D eigenvalue weighted by Gasteiger charge is -2.34. The molecule has 5 heteroatoms. The van der Waals surface area contributed by atoms with Gasteiger partial charge in [-0.15, -0.1) is 0 Å². The van der Waals surface area contributed by atoms with Crippen molar-refractivity contribution in [3.05, 3.63) is 0 Å². The normalized spacial score (nSPS) is 21.4. The Hall–Kier alpha value is -1.26. The summed E-state index contributed by atoms with van der Waals surface area (Å²) in [4.78, 5) is 18.3. The Morgan fingerprint density at radius 3 is 2.47 bits per heavy atom. The smallest absolute Gasteiger partial charge is 0.220 e. The van der Waals surface area contributed by atoms with Gasteiger partial charge in [-0.2, -0.15) is 0 Å². The Balaban J connectivity index is 1.80. The third-order valence-corrected chi connectivity index (χ3v) is 3.89. The number of aliphatic imine (C=N–C) groups is 1. The van der Waals surface area contributed by atoms with Crippen molar-refractivity contribution >= 4 is 11.9 Å². The van der Waals surface area contributed by atoms with Gasteiger partial charge in [0.2, 0.25) is 5.91 Å². The molecule has 0 aromatic heterocycles. The summed E-state index contributed by atoms with van der Waals surface area (Å²) in [6, 6.07) is 0.647. The Morgan fingerprint density at radius 1 is 1.26 bits per heavy atom. The number of rotatable bonds is 4. The molecule has 1 amide bonds. The summed E-state index contributed by atoms with van der Waals surface area (Å²) in [5.74, 6) is 1.76. The summed E-state index contributed by atoms with van der Waals surface area (Å²) < 4.78 is 0. The molecular weight excluding hydrogens is 240 g/mol. The molecule has 0 bridgehead atoms. The van der Waals surface area contributed by atoms with Gasteiger partial charge in [-0.25, -0.2) is 0 Å². The van der Waals surface area contributed by atoms with E-state index in [1.165, 1.54) is 12.8 Å². The fraction of sp³-hybridized carbons (Fsp3) is 0.857. The summed E-state index contributed by atoms with van der Waals surface area (Å²) in [6.07, 6.45) is 5.39. The van der Waals surface area contributed by atoms with Crippen molar-refractivity contribution in [3.63, 3.8) is 0 Å². The molecule has 0 atom stereocenters. The highest BCUT2D eigenvalue weighted by atomic mass is 16.1. The average molecular weight is 266 g/mol. The van der Waals surface area contributed by atoms with E-state index in [4.69, 9.17) is 0 Å². The standard InChI is InChI=1S/C14H26N4O/c1-3-16-14(17-12-4-5-12)18-8-6-11(7-9-18)10-13(19)15-2/h11-12H,3-10H2,1-2H3,(H,15,19)(H,16,17). The Labute approximate surface area is 115 Å². The van der Waals surface area contributed by atoms with Crippen LogP contribution in [0, 0.1) is 5.92 Å². The van der Waals surface area contributed by atoms with Gasteiger partial charge in [0.15, 0.2) is 5.96 Å². The fourth-order valence-corrected chi connectivity index (χ4v) is 2.51. The highest BCUT2D eigenvalue weighted by Gasteiger charge is 2.27. The largest absolute Gasteiger partial charge is 0.359 e. The molecule has 1 saturated carbocycles. The molecule has 0 unspecified atom stereocenters. The van der Waals surface area contributed by atoms with Crippen LogP contribution in [-0.4, -0.2) is 49.5 Å². The number of hydrogen-bond acceptors (Lipinski definition) is 2. The predicted octanol–water partition coefficient (Wildman–Crippen LogP) is 0.962. The number of piperidine rings is 1. The zero-order valence-electron chi connectivity index (χ0n) is 12.1. The molecule has 1 aliphatic carbocycles. The zero-order chi connectivity index (χ0) is 13.7. The molecule has 1 aliphatic heterocycles. The molecule has 0 aromatic rings. The van der Waals surface area contributed by atoms with Crippen molar-refractivity contribution in [1.29, 1.82) is 0 Å². The Bertz CT molecular complexity index is 330. The molecule has 2 aliphatic rings. The van der Waals surface area contributed by atoms with Crippen LogP contribution in [-0.2, 0) is 4.79 Å². The van der Waals surface area contributed by atoms with Crippen LogP contribution in [0.3, 0.4) is 0 Å². The van der Waals surface area contributed by atoms with E-state index in [0.29, 0.717) is 18.4 Å². The van der Waals surface area contributed by atoms with Gasteiger partial charge in [0, 0.05) is 39.1 Å². The number of hydrogen-bond donors (Lipinski definition) is 2. The topological polar surface area (TPSA) is 56.7 Å². The van der Waals surface area contributed by atoms with Gasteiger partial charge in [0.1, 0.15) is 0 Å². The van der Waals surface area contributed by atoms with Crippen LogP contribution in [0.25, 0.3) is 0 Å². The Kier molecular flexibility index (Phi) is 5.05. The van der Waals surface area contributed by atoms with Gasteiger partial charge in [-0.1, -0.05) is 0 Å². The van der Waals surface area contributed by atoms with Crippen molar-refractivity contribution < 1.29 is 4.79 Å². The van der Waals surface area contributed by atoms with Crippen LogP contribution in [0.4, 0.5) is 0 Å². The van der Waals surface area contributed by atoms with Crippen LogP contribution in [0.5, 0.6) is 0 Å². The highest BCUT2D eigenvalue weighted by molar-refractivity contribution is 5.80. The lowest BCUT2D eigenvalue weighted by molar-refractivity contribution is -0.121. The first kappa shape index (κ1) is 14.2. The predicted molar refractivity (Wildman–Crippen MR) is 77.1 cm³/mol. The summed E-state index contributed by atoms with van der Waals surface area (Å²) in [7, 11) is 1.71. The number of amides is 1. The van der Waals surface area contributed by atoms with Gasteiger partial charge in [-0.05, 0) is 38.5 Å². The molecule has 2 N–H and O–H groups in total. The Morgan fingerprint density at radius 2 is 1.95 bits per heavy atom. The minimum Gasteiger partial charge on any atom is -0.359 e. The molecule has 0 radical (unpaired) electrons. The third kappa shape index (κ3) is 4.40. The van der Waals surface area contributed by atoms with E-state index in [0.717, 1.165) is 38.4 Å². The van der Waals surface area contributed by atoms with Crippen molar-refractivity contribution in [1.82, 2.24) is 15.5 Å². The SMILES string of the molecule is CCN=C(NC1CC1)N1CCC(CC(=O)NC)CC1. The first-order valence-corrected chi connectivity index (χ1v) is 7.49. The van der Waals surface area contributed by atoms with Crippen molar-refractivity contribution in [2.75, 3.05) is 26.7 Å². The van der Waals surface area contributed by atoms with Crippen molar-refractivity contribution in [3.8, 4) is 0 Å². The molecule has 108 valence electrons. The number of guanidine groups is 1. The van der Waals surface area contributed by atoms with Crippen LogP contribution in [0.1, 0.15) is 39.0 Å². The van der Waals surface area contributed by atoms with Crippen LogP contribution < -0.4 is 10.6 Å². The van der Waals surface area contributed by atoms with Gasteiger partial charge in [-0.3, -0.25) is 9.79 Å². The molecule has 1 heterocycles. The second-order valence-electron chi connectivity index (χ2n) is 5.52. The first-order chi connectivity index (χ1) is 9.22. The maximum atomic E-state index is 11.4. The summed E-state index contributed by atoms with van der Waals surface area (Å²) in [6.45, 7) is 4.93.